The number of amides is 1. The second kappa shape index (κ2) is 5.26. The van der Waals surface area contributed by atoms with E-state index in [2.05, 4.69) is 9.97 Å². The Morgan fingerprint density at radius 2 is 1.91 bits per heavy atom. The Labute approximate surface area is 131 Å². The molecule has 0 radical (unpaired) electrons. The van der Waals surface area contributed by atoms with Gasteiger partial charge < -0.3 is 9.80 Å². The van der Waals surface area contributed by atoms with Gasteiger partial charge in [0.05, 0.1) is 12.1 Å². The first-order valence-corrected chi connectivity index (χ1v) is 7.43. The van der Waals surface area contributed by atoms with Gasteiger partial charge in [-0.1, -0.05) is 0 Å². The highest BCUT2D eigenvalue weighted by molar-refractivity contribution is 5.94. The third-order valence-corrected chi connectivity index (χ3v) is 4.46. The Morgan fingerprint density at radius 3 is 2.61 bits per heavy atom. The first kappa shape index (κ1) is 14.0. The third kappa shape index (κ3) is 2.32. The number of hydrogen-bond donors (Lipinski definition) is 0. The molecule has 0 saturated carbocycles. The SMILES string of the molecule is O=C(c1ncccc1F)N1C2CC1CN(c1ccnc(F)c1)C2. The predicted molar refractivity (Wildman–Crippen MR) is 79.0 cm³/mol. The number of halogens is 2. The topological polar surface area (TPSA) is 49.3 Å². The van der Waals surface area contributed by atoms with E-state index in [-0.39, 0.29) is 23.7 Å². The van der Waals surface area contributed by atoms with Crippen LogP contribution in [0.1, 0.15) is 16.9 Å². The Hall–Kier alpha value is -2.57. The Morgan fingerprint density at radius 1 is 1.13 bits per heavy atom. The van der Waals surface area contributed by atoms with Crippen molar-refractivity contribution in [1.29, 1.82) is 0 Å². The van der Waals surface area contributed by atoms with Crippen molar-refractivity contribution in [2.45, 2.75) is 18.5 Å². The first-order valence-electron chi connectivity index (χ1n) is 7.43. The highest BCUT2D eigenvalue weighted by Crippen LogP contribution is 2.35. The second-order valence-corrected chi connectivity index (χ2v) is 5.83. The summed E-state index contributed by atoms with van der Waals surface area (Å²) in [4.78, 5) is 23.6. The fourth-order valence-electron chi connectivity index (χ4n) is 3.41. The molecule has 2 atom stereocenters. The fourth-order valence-corrected chi connectivity index (χ4v) is 3.41. The molecule has 1 amide bonds. The number of hydrogen-bond acceptors (Lipinski definition) is 4. The molecule has 3 aliphatic rings. The highest BCUT2D eigenvalue weighted by atomic mass is 19.1. The average molecular weight is 316 g/mol. The molecule has 0 aliphatic carbocycles. The van der Waals surface area contributed by atoms with Gasteiger partial charge in [0.2, 0.25) is 5.95 Å². The number of piperazine rings is 1. The number of piperidine rings is 1. The van der Waals surface area contributed by atoms with E-state index < -0.39 is 11.8 Å². The number of nitrogens with zero attached hydrogens (tertiary/aromatic N) is 4. The minimum atomic E-state index is -0.601. The monoisotopic (exact) mass is 316 g/mol. The Kier molecular flexibility index (Phi) is 3.21. The summed E-state index contributed by atoms with van der Waals surface area (Å²) in [7, 11) is 0. The summed E-state index contributed by atoms with van der Waals surface area (Å²) >= 11 is 0. The van der Waals surface area contributed by atoms with Gasteiger partial charge in [-0.05, 0) is 24.6 Å². The largest absolute Gasteiger partial charge is 0.367 e. The minimum absolute atomic E-state index is 0.00103. The molecule has 2 aromatic heterocycles. The molecule has 118 valence electrons. The van der Waals surface area contributed by atoms with Crippen molar-refractivity contribution in [2.75, 3.05) is 18.0 Å². The van der Waals surface area contributed by atoms with Crippen LogP contribution in [0.4, 0.5) is 14.5 Å². The van der Waals surface area contributed by atoms with Gasteiger partial charge in [-0.25, -0.2) is 14.4 Å². The molecule has 3 saturated heterocycles. The third-order valence-electron chi connectivity index (χ3n) is 4.46. The molecule has 0 spiro atoms. The summed E-state index contributed by atoms with van der Waals surface area (Å²) in [5, 5.41) is 0. The van der Waals surface area contributed by atoms with Gasteiger partial charge in [-0.3, -0.25) is 4.79 Å². The maximum atomic E-state index is 13.8. The van der Waals surface area contributed by atoms with Crippen molar-refractivity contribution in [3.63, 3.8) is 0 Å². The standard InChI is InChI=1S/C16H14F2N4O/c17-13-2-1-4-20-15(13)16(23)22-11-6-12(22)9-21(8-11)10-3-5-19-14(18)7-10/h1-5,7,11-12H,6,8-9H2. The molecule has 3 fully saturated rings. The summed E-state index contributed by atoms with van der Waals surface area (Å²) in [5.41, 5.74) is 0.619. The zero-order chi connectivity index (χ0) is 16.0. The number of carbonyl (C=O) groups excluding carboxylic acids is 1. The van der Waals surface area contributed by atoms with Gasteiger partial charge >= 0.3 is 0 Å². The number of fused-ring (bicyclic) bond motifs is 2. The van der Waals surface area contributed by atoms with Crippen molar-refractivity contribution in [2.24, 2.45) is 0 Å². The van der Waals surface area contributed by atoms with Crippen LogP contribution < -0.4 is 4.90 Å². The second-order valence-electron chi connectivity index (χ2n) is 5.83. The summed E-state index contributed by atoms with van der Waals surface area (Å²) < 4.78 is 27.0. The Balaban J connectivity index is 1.52. The molecular weight excluding hydrogens is 302 g/mol. The fraction of sp³-hybridized carbons (Fsp3) is 0.312. The van der Waals surface area contributed by atoms with Crippen LogP contribution in [-0.4, -0.2) is 45.9 Å². The smallest absolute Gasteiger partial charge is 0.276 e. The van der Waals surface area contributed by atoms with E-state index >= 15 is 0 Å². The lowest BCUT2D eigenvalue weighted by molar-refractivity contribution is 0.00497. The molecule has 5 rings (SSSR count). The van der Waals surface area contributed by atoms with Crippen molar-refractivity contribution in [1.82, 2.24) is 14.9 Å². The van der Waals surface area contributed by atoms with Gasteiger partial charge in [0.15, 0.2) is 11.5 Å². The van der Waals surface area contributed by atoms with Gasteiger partial charge in [-0.2, -0.15) is 4.39 Å². The molecule has 2 bridgehead atoms. The molecule has 7 heteroatoms. The molecule has 5 nitrogen and oxygen atoms in total. The molecule has 0 aromatic carbocycles. The number of anilines is 1. The number of pyridine rings is 2. The molecule has 0 N–H and O–H groups in total. The maximum absolute atomic E-state index is 13.8. The van der Waals surface area contributed by atoms with Crippen molar-refractivity contribution < 1.29 is 13.6 Å². The summed E-state index contributed by atoms with van der Waals surface area (Å²) in [5.74, 6) is -1.49. The molecule has 3 aliphatic heterocycles. The van der Waals surface area contributed by atoms with E-state index in [0.717, 1.165) is 12.1 Å². The highest BCUT2D eigenvalue weighted by Gasteiger charge is 2.48. The Bertz CT molecular complexity index is 757. The van der Waals surface area contributed by atoms with Crippen LogP contribution in [0.3, 0.4) is 0 Å². The lowest BCUT2D eigenvalue weighted by Gasteiger charge is -2.56. The van der Waals surface area contributed by atoms with Crippen LogP contribution in [0, 0.1) is 11.8 Å². The predicted octanol–water partition coefficient (Wildman–Crippen LogP) is 1.86. The van der Waals surface area contributed by atoms with Crippen molar-refractivity contribution in [3.05, 3.63) is 54.1 Å². The number of aromatic nitrogens is 2. The van der Waals surface area contributed by atoms with Crippen molar-refractivity contribution in [3.8, 4) is 0 Å². The lowest BCUT2D eigenvalue weighted by atomic mass is 9.86. The zero-order valence-corrected chi connectivity index (χ0v) is 12.2. The van der Waals surface area contributed by atoms with Gasteiger partial charge in [0, 0.05) is 37.2 Å². The van der Waals surface area contributed by atoms with Crippen LogP contribution in [0.25, 0.3) is 0 Å². The first-order chi connectivity index (χ1) is 11.1. The quantitative estimate of drug-likeness (QED) is 0.794. The maximum Gasteiger partial charge on any atom is 0.276 e. The number of carbonyl (C=O) groups is 1. The average Bonchev–Trinajstić information content (AvgIpc) is 2.55. The summed E-state index contributed by atoms with van der Waals surface area (Å²) in [6.45, 7) is 1.19. The van der Waals surface area contributed by atoms with Gasteiger partial charge in [-0.15, -0.1) is 0 Å². The van der Waals surface area contributed by atoms with E-state index in [1.165, 1.54) is 30.6 Å². The lowest BCUT2D eigenvalue weighted by Crippen LogP contribution is -2.70. The van der Waals surface area contributed by atoms with E-state index in [4.69, 9.17) is 0 Å². The van der Waals surface area contributed by atoms with Crippen LogP contribution in [-0.2, 0) is 0 Å². The van der Waals surface area contributed by atoms with Crippen LogP contribution >= 0.6 is 0 Å². The van der Waals surface area contributed by atoms with Crippen LogP contribution in [0.2, 0.25) is 0 Å². The van der Waals surface area contributed by atoms with Crippen molar-refractivity contribution >= 4 is 11.6 Å². The molecular formula is C16H14F2N4O. The molecule has 2 aromatic rings. The zero-order valence-electron chi connectivity index (χ0n) is 12.2. The summed E-state index contributed by atoms with van der Waals surface area (Å²) in [6.07, 6.45) is 3.72. The van der Waals surface area contributed by atoms with E-state index in [1.54, 1.807) is 11.0 Å². The number of rotatable bonds is 2. The van der Waals surface area contributed by atoms with E-state index in [0.29, 0.717) is 13.1 Å². The van der Waals surface area contributed by atoms with Gasteiger partial charge in [0.1, 0.15) is 0 Å². The van der Waals surface area contributed by atoms with E-state index in [1.807, 2.05) is 4.90 Å². The molecule has 23 heavy (non-hydrogen) atoms. The van der Waals surface area contributed by atoms with Crippen LogP contribution in [0.15, 0.2) is 36.7 Å². The van der Waals surface area contributed by atoms with Gasteiger partial charge in [0.25, 0.3) is 5.91 Å². The van der Waals surface area contributed by atoms with Crippen LogP contribution in [0.5, 0.6) is 0 Å². The summed E-state index contributed by atoms with van der Waals surface area (Å²) in [6, 6.07) is 5.83. The molecule has 2 unspecified atom stereocenters. The molecule has 5 heterocycles. The minimum Gasteiger partial charge on any atom is -0.367 e. The van der Waals surface area contributed by atoms with E-state index in [9.17, 15) is 13.6 Å². The normalized spacial score (nSPS) is 22.7.